The molecule has 26 heavy (non-hydrogen) atoms. The maximum absolute atomic E-state index is 12.4. The number of benzene rings is 2. The van der Waals surface area contributed by atoms with Crippen LogP contribution in [-0.4, -0.2) is 15.6 Å². The molecule has 1 saturated carbocycles. The number of aromatic hydroxyl groups is 1. The molecule has 1 fully saturated rings. The van der Waals surface area contributed by atoms with Crippen molar-refractivity contribution < 1.29 is 9.90 Å². The van der Waals surface area contributed by atoms with Gasteiger partial charge in [0.1, 0.15) is 0 Å². The second-order valence-corrected chi connectivity index (χ2v) is 7.35. The predicted octanol–water partition coefficient (Wildman–Crippen LogP) is 5.76. The van der Waals surface area contributed by atoms with Gasteiger partial charge in [0.15, 0.2) is 5.88 Å². The number of anilines is 1. The molecule has 2 aromatic carbocycles. The lowest BCUT2D eigenvalue weighted by Gasteiger charge is -2.23. The quantitative estimate of drug-likeness (QED) is 0.617. The molecule has 4 nitrogen and oxygen atoms in total. The molecule has 0 aliphatic heterocycles. The van der Waals surface area contributed by atoms with Crippen molar-refractivity contribution >= 4 is 34.0 Å². The fourth-order valence-electron chi connectivity index (χ4n) is 3.74. The van der Waals surface area contributed by atoms with Crippen LogP contribution >= 0.6 is 11.6 Å². The number of nitrogens with one attached hydrogen (secondary N) is 1. The highest BCUT2D eigenvalue weighted by molar-refractivity contribution is 6.30. The van der Waals surface area contributed by atoms with Gasteiger partial charge >= 0.3 is 0 Å². The largest absolute Gasteiger partial charge is 0.494 e. The first kappa shape index (κ1) is 17.0. The van der Waals surface area contributed by atoms with Crippen LogP contribution in [0.2, 0.25) is 5.02 Å². The van der Waals surface area contributed by atoms with Crippen LogP contribution in [0.25, 0.3) is 10.8 Å². The topological polar surface area (TPSA) is 54.3 Å². The molecule has 1 amide bonds. The second-order valence-electron chi connectivity index (χ2n) is 6.91. The zero-order chi connectivity index (χ0) is 18.1. The Bertz CT molecular complexity index is 941. The van der Waals surface area contributed by atoms with Gasteiger partial charge in [0.05, 0.1) is 0 Å². The van der Waals surface area contributed by atoms with E-state index in [0.717, 1.165) is 23.6 Å². The Morgan fingerprint density at radius 1 is 1.08 bits per heavy atom. The van der Waals surface area contributed by atoms with E-state index in [4.69, 9.17) is 11.6 Å². The number of halogens is 1. The first-order chi connectivity index (χ1) is 12.6. The standard InChI is InChI=1S/C21H21ClN2O2/c22-16-8-6-14(7-9-16)20(25)23-17-10-11-19-15(12-17)13-24(21(19)26)18-4-2-1-3-5-18/h6-13,18,26H,1-5H2,(H,23,25). The van der Waals surface area contributed by atoms with Gasteiger partial charge in [-0.05, 0) is 55.3 Å². The van der Waals surface area contributed by atoms with Crippen LogP contribution in [0.1, 0.15) is 48.5 Å². The second kappa shape index (κ2) is 7.04. The molecule has 0 spiro atoms. The minimum atomic E-state index is -0.183. The van der Waals surface area contributed by atoms with E-state index >= 15 is 0 Å². The Morgan fingerprint density at radius 3 is 2.54 bits per heavy atom. The molecule has 3 aromatic rings. The molecule has 2 N–H and O–H groups in total. The molecule has 4 rings (SSSR count). The van der Waals surface area contributed by atoms with Crippen LogP contribution < -0.4 is 5.32 Å². The third-order valence-electron chi connectivity index (χ3n) is 5.15. The van der Waals surface area contributed by atoms with E-state index in [2.05, 4.69) is 5.32 Å². The Kier molecular flexibility index (Phi) is 4.60. The van der Waals surface area contributed by atoms with Crippen molar-refractivity contribution in [3.63, 3.8) is 0 Å². The summed E-state index contributed by atoms with van der Waals surface area (Å²) in [6.07, 6.45) is 7.91. The van der Waals surface area contributed by atoms with Crippen molar-refractivity contribution in [1.29, 1.82) is 0 Å². The number of rotatable bonds is 3. The van der Waals surface area contributed by atoms with Gasteiger partial charge in [0.25, 0.3) is 5.91 Å². The first-order valence-electron chi connectivity index (χ1n) is 9.02. The number of fused-ring (bicyclic) bond motifs is 1. The number of aromatic nitrogens is 1. The molecule has 0 unspecified atom stereocenters. The summed E-state index contributed by atoms with van der Waals surface area (Å²) in [7, 11) is 0. The minimum Gasteiger partial charge on any atom is -0.494 e. The summed E-state index contributed by atoms with van der Waals surface area (Å²) in [5.74, 6) is 0.138. The molecule has 1 aliphatic rings. The molecular formula is C21H21ClN2O2. The van der Waals surface area contributed by atoms with Crippen LogP contribution in [0, 0.1) is 0 Å². The van der Waals surface area contributed by atoms with E-state index in [9.17, 15) is 9.90 Å². The van der Waals surface area contributed by atoms with E-state index in [1.165, 1.54) is 19.3 Å². The summed E-state index contributed by atoms with van der Waals surface area (Å²) in [5, 5.41) is 15.8. The lowest BCUT2D eigenvalue weighted by atomic mass is 9.95. The summed E-state index contributed by atoms with van der Waals surface area (Å²) in [6, 6.07) is 12.7. The highest BCUT2D eigenvalue weighted by Crippen LogP contribution is 2.37. The van der Waals surface area contributed by atoms with Crippen molar-refractivity contribution in [2.45, 2.75) is 38.1 Å². The summed E-state index contributed by atoms with van der Waals surface area (Å²) in [6.45, 7) is 0. The zero-order valence-electron chi connectivity index (χ0n) is 14.4. The van der Waals surface area contributed by atoms with Crippen molar-refractivity contribution in [2.24, 2.45) is 0 Å². The molecule has 1 aromatic heterocycles. The molecule has 1 heterocycles. The smallest absolute Gasteiger partial charge is 0.255 e. The zero-order valence-corrected chi connectivity index (χ0v) is 15.2. The van der Waals surface area contributed by atoms with Crippen molar-refractivity contribution in [2.75, 3.05) is 5.32 Å². The van der Waals surface area contributed by atoms with Crippen LogP contribution in [0.3, 0.4) is 0 Å². The van der Waals surface area contributed by atoms with Crippen LogP contribution in [-0.2, 0) is 0 Å². The fraction of sp³-hybridized carbons (Fsp3) is 0.286. The van der Waals surface area contributed by atoms with Gasteiger partial charge in [-0.2, -0.15) is 0 Å². The minimum absolute atomic E-state index is 0.183. The summed E-state index contributed by atoms with van der Waals surface area (Å²) < 4.78 is 1.99. The number of amides is 1. The Hall–Kier alpha value is -2.46. The van der Waals surface area contributed by atoms with Gasteiger partial charge in [-0.15, -0.1) is 0 Å². The molecule has 0 bridgehead atoms. The number of hydrogen-bond donors (Lipinski definition) is 2. The van der Waals surface area contributed by atoms with Crippen LogP contribution in [0.4, 0.5) is 5.69 Å². The van der Waals surface area contributed by atoms with Crippen molar-refractivity contribution in [3.05, 3.63) is 59.2 Å². The third kappa shape index (κ3) is 3.29. The number of carbonyl (C=O) groups is 1. The normalized spacial score (nSPS) is 15.3. The molecular weight excluding hydrogens is 348 g/mol. The number of carbonyl (C=O) groups excluding carboxylic acids is 1. The predicted molar refractivity (Wildman–Crippen MR) is 105 cm³/mol. The van der Waals surface area contributed by atoms with Gasteiger partial charge in [0, 0.05) is 39.3 Å². The Morgan fingerprint density at radius 2 is 1.81 bits per heavy atom. The van der Waals surface area contributed by atoms with Crippen LogP contribution in [0.15, 0.2) is 48.7 Å². The molecule has 0 radical (unpaired) electrons. The fourth-order valence-corrected chi connectivity index (χ4v) is 3.87. The Labute approximate surface area is 157 Å². The highest BCUT2D eigenvalue weighted by atomic mass is 35.5. The monoisotopic (exact) mass is 368 g/mol. The maximum Gasteiger partial charge on any atom is 0.255 e. The lowest BCUT2D eigenvalue weighted by molar-refractivity contribution is 0.102. The SMILES string of the molecule is O=C(Nc1ccc2c(O)n(C3CCCCC3)cc2c1)c1ccc(Cl)cc1. The number of nitrogens with zero attached hydrogens (tertiary/aromatic N) is 1. The average molecular weight is 369 g/mol. The lowest BCUT2D eigenvalue weighted by Crippen LogP contribution is -2.11. The van der Waals surface area contributed by atoms with E-state index < -0.39 is 0 Å². The molecule has 0 saturated heterocycles. The van der Waals surface area contributed by atoms with E-state index in [-0.39, 0.29) is 5.91 Å². The van der Waals surface area contributed by atoms with Crippen molar-refractivity contribution in [1.82, 2.24) is 4.57 Å². The van der Waals surface area contributed by atoms with Crippen LogP contribution in [0.5, 0.6) is 5.88 Å². The molecule has 134 valence electrons. The summed E-state index contributed by atoms with van der Waals surface area (Å²) >= 11 is 5.87. The highest BCUT2D eigenvalue weighted by Gasteiger charge is 2.19. The summed E-state index contributed by atoms with van der Waals surface area (Å²) in [5.41, 5.74) is 1.26. The molecule has 5 heteroatoms. The molecule has 1 aliphatic carbocycles. The maximum atomic E-state index is 12.4. The number of hydrogen-bond acceptors (Lipinski definition) is 2. The van der Waals surface area contributed by atoms with Gasteiger partial charge < -0.3 is 15.0 Å². The molecule has 0 atom stereocenters. The van der Waals surface area contributed by atoms with Gasteiger partial charge in [-0.1, -0.05) is 30.9 Å². The van der Waals surface area contributed by atoms with E-state index in [1.807, 2.05) is 29.0 Å². The van der Waals surface area contributed by atoms with Gasteiger partial charge in [-0.3, -0.25) is 4.79 Å². The Balaban J connectivity index is 1.59. The van der Waals surface area contributed by atoms with E-state index in [0.29, 0.717) is 28.2 Å². The summed E-state index contributed by atoms with van der Waals surface area (Å²) in [4.78, 5) is 12.4. The van der Waals surface area contributed by atoms with Gasteiger partial charge in [-0.25, -0.2) is 0 Å². The van der Waals surface area contributed by atoms with Crippen molar-refractivity contribution in [3.8, 4) is 5.88 Å². The first-order valence-corrected chi connectivity index (χ1v) is 9.40. The average Bonchev–Trinajstić information content (AvgIpc) is 2.99. The van der Waals surface area contributed by atoms with Gasteiger partial charge in [0.2, 0.25) is 0 Å². The third-order valence-corrected chi connectivity index (χ3v) is 5.40. The van der Waals surface area contributed by atoms with E-state index in [1.54, 1.807) is 24.3 Å².